The molecule has 0 saturated heterocycles. The van der Waals surface area contributed by atoms with Gasteiger partial charge in [0.05, 0.1) is 0 Å². The molecule has 0 atom stereocenters. The third-order valence-corrected chi connectivity index (χ3v) is 3.40. The van der Waals surface area contributed by atoms with E-state index in [2.05, 4.69) is 18.8 Å². The first-order valence-electron chi connectivity index (χ1n) is 8.67. The number of aliphatic hydroxyl groups is 2. The predicted octanol–water partition coefficient (Wildman–Crippen LogP) is 6.37. The largest absolute Gasteiger partial charge is 0.481 e. The van der Waals surface area contributed by atoms with Crippen LogP contribution in [0.3, 0.4) is 0 Å². The number of hydrogen-bond acceptors (Lipinski definition) is 2. The van der Waals surface area contributed by atoms with E-state index in [0.29, 0.717) is 0 Å². The summed E-state index contributed by atoms with van der Waals surface area (Å²) < 4.78 is 0. The van der Waals surface area contributed by atoms with Gasteiger partial charge in [-0.3, -0.25) is 0 Å². The van der Waals surface area contributed by atoms with Crippen molar-refractivity contribution >= 4 is 0 Å². The van der Waals surface area contributed by atoms with Crippen LogP contribution in [0, 0.1) is 11.8 Å². The molecule has 124 valence electrons. The molecular formula is C20H32O2. The fourth-order valence-electron chi connectivity index (χ4n) is 2.14. The number of hydrogen-bond donors (Lipinski definition) is 2. The van der Waals surface area contributed by atoms with E-state index in [9.17, 15) is 0 Å². The summed E-state index contributed by atoms with van der Waals surface area (Å²) in [6.07, 6.45) is 22.5. The summed E-state index contributed by atoms with van der Waals surface area (Å²) >= 11 is 0. The van der Waals surface area contributed by atoms with Gasteiger partial charge in [0, 0.05) is 12.5 Å². The zero-order valence-corrected chi connectivity index (χ0v) is 14.1. The maximum Gasteiger partial charge on any atom is 0.274 e. The topological polar surface area (TPSA) is 40.5 Å². The van der Waals surface area contributed by atoms with Crippen molar-refractivity contribution in [3.05, 3.63) is 36.3 Å². The Morgan fingerprint density at radius 2 is 1.36 bits per heavy atom. The van der Waals surface area contributed by atoms with Crippen molar-refractivity contribution in [3.63, 3.8) is 0 Å². The van der Waals surface area contributed by atoms with E-state index in [1.807, 2.05) is 0 Å². The number of rotatable bonds is 12. The third-order valence-electron chi connectivity index (χ3n) is 3.40. The Hall–Kier alpha value is -1.62. The molecule has 0 unspecified atom stereocenters. The molecule has 22 heavy (non-hydrogen) atoms. The Bertz CT molecular complexity index is 376. The minimum Gasteiger partial charge on any atom is -0.481 e. The van der Waals surface area contributed by atoms with Crippen molar-refractivity contribution in [2.75, 3.05) is 0 Å². The fraction of sp³-hybridized carbons (Fsp3) is 0.600. The monoisotopic (exact) mass is 304 g/mol. The Labute approximate surface area is 136 Å². The molecule has 0 radical (unpaired) electrons. The van der Waals surface area contributed by atoms with Crippen LogP contribution in [-0.4, -0.2) is 10.2 Å². The average Bonchev–Trinajstić information content (AvgIpc) is 2.50. The van der Waals surface area contributed by atoms with Crippen LogP contribution in [0.25, 0.3) is 0 Å². The van der Waals surface area contributed by atoms with E-state index >= 15 is 0 Å². The minimum absolute atomic E-state index is 0.684. The smallest absolute Gasteiger partial charge is 0.274 e. The van der Waals surface area contributed by atoms with Gasteiger partial charge in [0.15, 0.2) is 0 Å². The second-order valence-electron chi connectivity index (χ2n) is 5.52. The zero-order valence-electron chi connectivity index (χ0n) is 14.1. The first-order chi connectivity index (χ1) is 10.8. The molecule has 2 nitrogen and oxygen atoms in total. The van der Waals surface area contributed by atoms with Crippen LogP contribution < -0.4 is 0 Å². The second kappa shape index (κ2) is 17.4. The van der Waals surface area contributed by atoms with Gasteiger partial charge in [-0.2, -0.15) is 0 Å². The Morgan fingerprint density at radius 1 is 0.773 bits per heavy atom. The number of allylic oxidation sites excluding steroid dienone is 5. The van der Waals surface area contributed by atoms with E-state index < -0.39 is 5.95 Å². The third kappa shape index (κ3) is 18.4. The molecule has 0 bridgehead atoms. The van der Waals surface area contributed by atoms with Crippen LogP contribution in [0.2, 0.25) is 0 Å². The van der Waals surface area contributed by atoms with Gasteiger partial charge in [-0.05, 0) is 12.5 Å². The maximum atomic E-state index is 8.49. The molecule has 0 aliphatic rings. The van der Waals surface area contributed by atoms with E-state index in [-0.39, 0.29) is 0 Å². The molecule has 0 aliphatic carbocycles. The fourth-order valence-corrected chi connectivity index (χ4v) is 2.14. The van der Waals surface area contributed by atoms with Crippen molar-refractivity contribution in [2.24, 2.45) is 0 Å². The van der Waals surface area contributed by atoms with Crippen LogP contribution in [-0.2, 0) is 0 Å². The van der Waals surface area contributed by atoms with Gasteiger partial charge < -0.3 is 10.2 Å². The van der Waals surface area contributed by atoms with Gasteiger partial charge in [0.25, 0.3) is 5.95 Å². The highest BCUT2D eigenvalue weighted by Crippen LogP contribution is 2.10. The lowest BCUT2D eigenvalue weighted by Crippen LogP contribution is -1.81. The second-order valence-corrected chi connectivity index (χ2v) is 5.52. The SMILES string of the molecule is CCCCCCCCCCCCC#C/C=C/C=C/C=C(O)O. The molecule has 0 amide bonds. The van der Waals surface area contributed by atoms with Crippen LogP contribution in [0.5, 0.6) is 0 Å². The highest BCUT2D eigenvalue weighted by molar-refractivity contribution is 5.21. The molecule has 0 saturated carbocycles. The number of aliphatic hydroxyl groups excluding tert-OH is 1. The van der Waals surface area contributed by atoms with Crippen LogP contribution in [0.1, 0.15) is 77.6 Å². The molecule has 0 heterocycles. The summed E-state index contributed by atoms with van der Waals surface area (Å²) in [5.41, 5.74) is 0. The quantitative estimate of drug-likeness (QED) is 0.190. The van der Waals surface area contributed by atoms with Crippen LogP contribution in [0.15, 0.2) is 36.3 Å². The maximum absolute atomic E-state index is 8.49. The van der Waals surface area contributed by atoms with Gasteiger partial charge >= 0.3 is 0 Å². The van der Waals surface area contributed by atoms with E-state index in [1.54, 1.807) is 24.3 Å². The van der Waals surface area contributed by atoms with Crippen molar-refractivity contribution in [1.29, 1.82) is 0 Å². The Balaban J connectivity index is 3.33. The summed E-state index contributed by atoms with van der Waals surface area (Å²) in [7, 11) is 0. The lowest BCUT2D eigenvalue weighted by atomic mass is 10.1. The van der Waals surface area contributed by atoms with Crippen LogP contribution in [0.4, 0.5) is 0 Å². The molecule has 0 fully saturated rings. The molecule has 0 rings (SSSR count). The van der Waals surface area contributed by atoms with E-state index in [1.165, 1.54) is 70.3 Å². The van der Waals surface area contributed by atoms with Gasteiger partial charge in [0.2, 0.25) is 0 Å². The highest BCUT2D eigenvalue weighted by atomic mass is 16.5. The Morgan fingerprint density at radius 3 is 1.95 bits per heavy atom. The molecule has 0 aromatic rings. The summed E-state index contributed by atoms with van der Waals surface area (Å²) in [6, 6.07) is 0. The van der Waals surface area contributed by atoms with Crippen molar-refractivity contribution in [2.45, 2.75) is 77.6 Å². The zero-order chi connectivity index (χ0) is 16.3. The van der Waals surface area contributed by atoms with Crippen LogP contribution >= 0.6 is 0 Å². The lowest BCUT2D eigenvalue weighted by molar-refractivity contribution is 0.191. The van der Waals surface area contributed by atoms with E-state index in [0.717, 1.165) is 6.42 Å². The summed E-state index contributed by atoms with van der Waals surface area (Å²) in [4.78, 5) is 0. The molecular weight excluding hydrogens is 272 g/mol. The summed E-state index contributed by atoms with van der Waals surface area (Å²) in [6.45, 7) is 2.26. The molecule has 0 aromatic carbocycles. The molecule has 2 heteroatoms. The normalized spacial score (nSPS) is 10.8. The van der Waals surface area contributed by atoms with Crippen molar-refractivity contribution in [1.82, 2.24) is 0 Å². The standard InChI is InChI=1S/C20H32O2/c1-2-3-4-5-6-7-8-9-10-11-12-13-14-15-16-17-18-19-20(21)22/h15-19,21-22H,2-12H2,1H3/b16-15+,18-17+. The Kier molecular flexibility index (Phi) is 16.1. The first kappa shape index (κ1) is 20.4. The van der Waals surface area contributed by atoms with Gasteiger partial charge in [-0.1, -0.05) is 94.8 Å². The molecule has 0 spiro atoms. The van der Waals surface area contributed by atoms with Crippen molar-refractivity contribution < 1.29 is 10.2 Å². The first-order valence-corrected chi connectivity index (χ1v) is 8.67. The van der Waals surface area contributed by atoms with E-state index in [4.69, 9.17) is 10.2 Å². The highest BCUT2D eigenvalue weighted by Gasteiger charge is 1.91. The van der Waals surface area contributed by atoms with Gasteiger partial charge in [-0.25, -0.2) is 0 Å². The summed E-state index contributed by atoms with van der Waals surface area (Å²) in [5.74, 6) is 5.42. The average molecular weight is 304 g/mol. The molecule has 2 N–H and O–H groups in total. The van der Waals surface area contributed by atoms with Gasteiger partial charge in [-0.15, -0.1) is 0 Å². The lowest BCUT2D eigenvalue weighted by Gasteiger charge is -2.00. The van der Waals surface area contributed by atoms with Crippen molar-refractivity contribution in [3.8, 4) is 11.8 Å². The minimum atomic E-state index is -0.684. The molecule has 0 aromatic heterocycles. The summed E-state index contributed by atoms with van der Waals surface area (Å²) in [5, 5.41) is 17.0. The molecule has 0 aliphatic heterocycles. The number of unbranched alkanes of at least 4 members (excludes halogenated alkanes) is 10. The predicted molar refractivity (Wildman–Crippen MR) is 95.9 cm³/mol. The van der Waals surface area contributed by atoms with Gasteiger partial charge in [0.1, 0.15) is 0 Å².